The monoisotopic (exact) mass is 796 g/mol. The summed E-state index contributed by atoms with van der Waals surface area (Å²) < 4.78 is 9.52. The van der Waals surface area contributed by atoms with E-state index in [4.69, 9.17) is 4.74 Å². The molecule has 1 aromatic heterocycles. The SMILES string of the molecule is C=C/C=C\C1=C(C)Oc2c(ccc3c2c2ccccc2n3-c2ccc(N(c3ccccc3)c3ccc4c(c3)C(C)(C)c3ccccc3-4)cc2)C12c1ccccc1-c1ccccc12. The molecule has 2 heterocycles. The molecular weight excluding hydrogens is 753 g/mol. The number of benzene rings is 8. The van der Waals surface area contributed by atoms with Crippen LogP contribution in [0.3, 0.4) is 0 Å². The summed E-state index contributed by atoms with van der Waals surface area (Å²) in [7, 11) is 0. The third kappa shape index (κ3) is 4.88. The van der Waals surface area contributed by atoms with E-state index >= 15 is 0 Å². The number of nitrogens with zero attached hydrogens (tertiary/aromatic N) is 2. The maximum absolute atomic E-state index is 7.12. The summed E-state index contributed by atoms with van der Waals surface area (Å²) in [6, 6.07) is 66.7. The van der Waals surface area contributed by atoms with Gasteiger partial charge in [0, 0.05) is 44.7 Å². The predicted octanol–water partition coefficient (Wildman–Crippen LogP) is 15.3. The van der Waals surface area contributed by atoms with Gasteiger partial charge in [0.2, 0.25) is 0 Å². The molecule has 2 aliphatic carbocycles. The Morgan fingerprint density at radius 2 is 1.11 bits per heavy atom. The summed E-state index contributed by atoms with van der Waals surface area (Å²) in [5.74, 6) is 1.79. The van der Waals surface area contributed by atoms with Crippen LogP contribution in [0.5, 0.6) is 5.75 Å². The van der Waals surface area contributed by atoms with Crippen LogP contribution < -0.4 is 9.64 Å². The molecule has 3 nitrogen and oxygen atoms in total. The number of rotatable bonds is 6. The predicted molar refractivity (Wildman–Crippen MR) is 257 cm³/mol. The van der Waals surface area contributed by atoms with E-state index in [0.717, 1.165) is 67.2 Å². The first-order valence-corrected chi connectivity index (χ1v) is 21.6. The van der Waals surface area contributed by atoms with Crippen LogP contribution in [0.15, 0.2) is 218 Å². The molecule has 0 fully saturated rings. The summed E-state index contributed by atoms with van der Waals surface area (Å²) in [5.41, 5.74) is 18.7. The standard InChI is InChI=1S/C59H44N2O/c1-5-6-24-48-38(2)62-57-52(59(48)50-26-15-11-21-44(50)45-22-12-16-27-51(45)59)35-36-55-56(57)47-23-13-17-28-54(47)61(55)41-31-29-40(30-32-41)60(39-18-8-7-9-19-39)42-33-34-46-43-20-10-14-25-49(43)58(3,4)53(46)37-42/h5-37H,1H2,2-4H3/b24-6-. The van der Waals surface area contributed by atoms with Crippen molar-refractivity contribution >= 4 is 38.9 Å². The molecule has 0 unspecified atom stereocenters. The first-order chi connectivity index (χ1) is 30.4. The molecular formula is C59H44N2O. The smallest absolute Gasteiger partial charge is 0.141 e. The minimum Gasteiger partial charge on any atom is -0.461 e. The van der Waals surface area contributed by atoms with Crippen LogP contribution in [-0.2, 0) is 10.8 Å². The van der Waals surface area contributed by atoms with Crippen LogP contribution >= 0.6 is 0 Å². The van der Waals surface area contributed by atoms with Crippen LogP contribution in [0.2, 0.25) is 0 Å². The largest absolute Gasteiger partial charge is 0.461 e. The molecule has 0 saturated heterocycles. The van der Waals surface area contributed by atoms with Gasteiger partial charge in [-0.15, -0.1) is 0 Å². The molecule has 296 valence electrons. The second kappa shape index (κ2) is 13.4. The van der Waals surface area contributed by atoms with Gasteiger partial charge in [-0.3, -0.25) is 0 Å². The van der Waals surface area contributed by atoms with Gasteiger partial charge in [-0.05, 0) is 112 Å². The molecule has 3 aliphatic rings. The zero-order valence-corrected chi connectivity index (χ0v) is 35.1. The van der Waals surface area contributed by atoms with Gasteiger partial charge in [0.1, 0.15) is 11.5 Å². The third-order valence-electron chi connectivity index (χ3n) is 13.8. The number of ether oxygens (including phenoxy) is 1. The summed E-state index contributed by atoms with van der Waals surface area (Å²) >= 11 is 0. The van der Waals surface area contributed by atoms with Gasteiger partial charge < -0.3 is 14.2 Å². The summed E-state index contributed by atoms with van der Waals surface area (Å²) in [6.07, 6.45) is 6.08. The Hall–Kier alpha value is -7.62. The van der Waals surface area contributed by atoms with Gasteiger partial charge in [0.05, 0.1) is 21.8 Å². The number of anilines is 3. The van der Waals surface area contributed by atoms with Crippen molar-refractivity contribution in [2.24, 2.45) is 0 Å². The molecule has 8 aromatic carbocycles. The lowest BCUT2D eigenvalue weighted by atomic mass is 9.65. The Morgan fingerprint density at radius 3 is 1.82 bits per heavy atom. The van der Waals surface area contributed by atoms with Crippen molar-refractivity contribution in [2.75, 3.05) is 4.90 Å². The van der Waals surface area contributed by atoms with Crippen LogP contribution in [0.25, 0.3) is 49.7 Å². The fraction of sp³-hybridized carbons (Fsp3) is 0.0847. The highest BCUT2D eigenvalue weighted by Crippen LogP contribution is 2.62. The second-order valence-corrected chi connectivity index (χ2v) is 17.3. The Labute approximate surface area is 362 Å². The lowest BCUT2D eigenvalue weighted by molar-refractivity contribution is 0.392. The molecule has 62 heavy (non-hydrogen) atoms. The normalized spacial score (nSPS) is 15.0. The molecule has 12 rings (SSSR count). The molecule has 0 N–H and O–H groups in total. The van der Waals surface area contributed by atoms with E-state index in [2.05, 4.69) is 225 Å². The molecule has 0 radical (unpaired) electrons. The van der Waals surface area contributed by atoms with Crippen molar-refractivity contribution < 1.29 is 4.74 Å². The lowest BCUT2D eigenvalue weighted by Crippen LogP contribution is -2.34. The van der Waals surface area contributed by atoms with Crippen molar-refractivity contribution in [3.63, 3.8) is 0 Å². The highest BCUT2D eigenvalue weighted by Gasteiger charge is 2.51. The van der Waals surface area contributed by atoms with E-state index in [-0.39, 0.29) is 5.41 Å². The number of allylic oxidation sites excluding steroid dienone is 5. The fourth-order valence-electron chi connectivity index (χ4n) is 11.2. The van der Waals surface area contributed by atoms with Gasteiger partial charge in [-0.1, -0.05) is 160 Å². The van der Waals surface area contributed by atoms with Gasteiger partial charge in [0.25, 0.3) is 0 Å². The van der Waals surface area contributed by atoms with E-state index < -0.39 is 5.41 Å². The van der Waals surface area contributed by atoms with Crippen molar-refractivity contribution in [1.29, 1.82) is 0 Å². The first-order valence-electron chi connectivity index (χ1n) is 21.6. The van der Waals surface area contributed by atoms with E-state index in [1.165, 1.54) is 44.5 Å². The van der Waals surface area contributed by atoms with Crippen molar-refractivity contribution in [3.05, 3.63) is 246 Å². The van der Waals surface area contributed by atoms with E-state index in [1.54, 1.807) is 0 Å². The number of hydrogen-bond acceptors (Lipinski definition) is 2. The summed E-state index contributed by atoms with van der Waals surface area (Å²) in [5, 5.41) is 2.27. The van der Waals surface area contributed by atoms with Gasteiger partial charge >= 0.3 is 0 Å². The minimum absolute atomic E-state index is 0.101. The van der Waals surface area contributed by atoms with Gasteiger partial charge in [0.15, 0.2) is 0 Å². The van der Waals surface area contributed by atoms with Crippen molar-refractivity contribution in [2.45, 2.75) is 31.6 Å². The highest BCUT2D eigenvalue weighted by molar-refractivity contribution is 6.13. The fourth-order valence-corrected chi connectivity index (χ4v) is 11.2. The molecule has 0 bridgehead atoms. The first kappa shape index (κ1) is 36.2. The highest BCUT2D eigenvalue weighted by atomic mass is 16.5. The second-order valence-electron chi connectivity index (χ2n) is 17.3. The summed E-state index contributed by atoms with van der Waals surface area (Å²) in [4.78, 5) is 2.38. The number of para-hydroxylation sites is 2. The summed E-state index contributed by atoms with van der Waals surface area (Å²) in [6.45, 7) is 10.8. The molecule has 1 aliphatic heterocycles. The molecule has 0 amide bonds. The van der Waals surface area contributed by atoms with Crippen molar-refractivity contribution in [3.8, 4) is 33.7 Å². The average Bonchev–Trinajstić information content (AvgIpc) is 3.89. The molecule has 3 heteroatoms. The van der Waals surface area contributed by atoms with Crippen LogP contribution in [0.1, 0.15) is 48.6 Å². The average molecular weight is 797 g/mol. The zero-order chi connectivity index (χ0) is 41.7. The molecule has 1 spiro atoms. The Kier molecular flexibility index (Phi) is 7.86. The third-order valence-corrected chi connectivity index (χ3v) is 13.8. The Balaban J connectivity index is 1.04. The zero-order valence-electron chi connectivity index (χ0n) is 35.1. The molecule has 0 atom stereocenters. The number of aromatic nitrogens is 1. The lowest BCUT2D eigenvalue weighted by Gasteiger charge is -2.40. The topological polar surface area (TPSA) is 17.4 Å². The molecule has 9 aromatic rings. The van der Waals surface area contributed by atoms with Crippen LogP contribution in [-0.4, -0.2) is 4.57 Å². The minimum atomic E-state index is -0.570. The van der Waals surface area contributed by atoms with Crippen LogP contribution in [0.4, 0.5) is 17.1 Å². The van der Waals surface area contributed by atoms with Crippen LogP contribution in [0, 0.1) is 0 Å². The van der Waals surface area contributed by atoms with Gasteiger partial charge in [-0.25, -0.2) is 0 Å². The quantitative estimate of drug-likeness (QED) is 0.156. The maximum atomic E-state index is 7.12. The Morgan fingerprint density at radius 1 is 0.532 bits per heavy atom. The van der Waals surface area contributed by atoms with E-state index in [1.807, 2.05) is 12.2 Å². The van der Waals surface area contributed by atoms with E-state index in [0.29, 0.717) is 0 Å². The van der Waals surface area contributed by atoms with E-state index in [9.17, 15) is 0 Å². The van der Waals surface area contributed by atoms with Gasteiger partial charge in [-0.2, -0.15) is 0 Å². The maximum Gasteiger partial charge on any atom is 0.141 e. The number of fused-ring (bicyclic) bond motifs is 14. The van der Waals surface area contributed by atoms with Crippen molar-refractivity contribution in [1.82, 2.24) is 4.57 Å². The molecule has 0 saturated carbocycles. The number of hydrogen-bond donors (Lipinski definition) is 0. The Bertz CT molecular complexity index is 3330.